The minimum Gasteiger partial charge on any atom is -0.466 e. The van der Waals surface area contributed by atoms with Crippen molar-refractivity contribution in [2.45, 2.75) is 33.2 Å². The Balaban J connectivity index is 2.35. The summed E-state index contributed by atoms with van der Waals surface area (Å²) in [5.41, 5.74) is 0.956. The predicted octanol–water partition coefficient (Wildman–Crippen LogP) is 2.99. The summed E-state index contributed by atoms with van der Waals surface area (Å²) >= 11 is 0. The average Bonchev–Trinajstić information content (AvgIpc) is 2.38. The van der Waals surface area contributed by atoms with Crippen molar-refractivity contribution in [1.29, 1.82) is 0 Å². The number of rotatable bonds is 8. The zero-order valence-electron chi connectivity index (χ0n) is 11.7. The second-order valence-electron chi connectivity index (χ2n) is 4.41. The summed E-state index contributed by atoms with van der Waals surface area (Å²) in [5, 5.41) is 0. The highest BCUT2D eigenvalue weighted by atomic mass is 19.1. The SMILES string of the molecule is CCOC(=O)CCCN(CC)Cc1cccc(F)c1. The molecule has 0 saturated heterocycles. The maximum atomic E-state index is 13.1. The molecule has 0 heterocycles. The number of hydrogen-bond acceptors (Lipinski definition) is 3. The van der Waals surface area contributed by atoms with Gasteiger partial charge in [-0.15, -0.1) is 0 Å². The third-order valence-corrected chi connectivity index (χ3v) is 2.90. The summed E-state index contributed by atoms with van der Waals surface area (Å²) in [4.78, 5) is 13.4. The number of hydrogen-bond donors (Lipinski definition) is 0. The molecule has 0 spiro atoms. The molecule has 0 bridgehead atoms. The summed E-state index contributed by atoms with van der Waals surface area (Å²) < 4.78 is 18.0. The molecule has 0 fully saturated rings. The van der Waals surface area contributed by atoms with Gasteiger partial charge in [-0.05, 0) is 44.1 Å². The normalized spacial score (nSPS) is 10.7. The molecule has 0 aliphatic heterocycles. The van der Waals surface area contributed by atoms with Crippen molar-refractivity contribution in [2.75, 3.05) is 19.7 Å². The molecular weight excluding hydrogens is 245 g/mol. The van der Waals surface area contributed by atoms with Crippen molar-refractivity contribution in [3.63, 3.8) is 0 Å². The number of ether oxygens (including phenoxy) is 1. The van der Waals surface area contributed by atoms with Crippen LogP contribution in [0.2, 0.25) is 0 Å². The topological polar surface area (TPSA) is 29.5 Å². The summed E-state index contributed by atoms with van der Waals surface area (Å²) in [6.45, 7) is 6.69. The molecule has 0 unspecified atom stereocenters. The van der Waals surface area contributed by atoms with E-state index in [0.29, 0.717) is 19.6 Å². The average molecular weight is 267 g/mol. The largest absolute Gasteiger partial charge is 0.466 e. The maximum Gasteiger partial charge on any atom is 0.305 e. The smallest absolute Gasteiger partial charge is 0.305 e. The number of carbonyl (C=O) groups is 1. The van der Waals surface area contributed by atoms with Gasteiger partial charge in [0.2, 0.25) is 0 Å². The van der Waals surface area contributed by atoms with Gasteiger partial charge in [0.05, 0.1) is 6.61 Å². The van der Waals surface area contributed by atoms with Crippen molar-refractivity contribution in [1.82, 2.24) is 4.90 Å². The first-order chi connectivity index (χ1) is 9.15. The van der Waals surface area contributed by atoms with E-state index in [1.807, 2.05) is 6.07 Å². The highest BCUT2D eigenvalue weighted by Gasteiger charge is 2.07. The third-order valence-electron chi connectivity index (χ3n) is 2.90. The van der Waals surface area contributed by atoms with Crippen LogP contribution in [0.1, 0.15) is 32.3 Å². The van der Waals surface area contributed by atoms with E-state index in [0.717, 1.165) is 25.1 Å². The van der Waals surface area contributed by atoms with E-state index in [1.165, 1.54) is 6.07 Å². The highest BCUT2D eigenvalue weighted by molar-refractivity contribution is 5.69. The van der Waals surface area contributed by atoms with Gasteiger partial charge in [0.15, 0.2) is 0 Å². The van der Waals surface area contributed by atoms with Crippen LogP contribution in [0.5, 0.6) is 0 Å². The van der Waals surface area contributed by atoms with E-state index in [2.05, 4.69) is 11.8 Å². The predicted molar refractivity (Wildman–Crippen MR) is 73.2 cm³/mol. The summed E-state index contributed by atoms with van der Waals surface area (Å²) in [7, 11) is 0. The molecular formula is C15H22FNO2. The molecule has 0 saturated carbocycles. The van der Waals surface area contributed by atoms with Crippen LogP contribution in [0.25, 0.3) is 0 Å². The highest BCUT2D eigenvalue weighted by Crippen LogP contribution is 2.08. The molecule has 4 heteroatoms. The lowest BCUT2D eigenvalue weighted by molar-refractivity contribution is -0.143. The number of halogens is 1. The minimum absolute atomic E-state index is 0.149. The molecule has 0 aliphatic carbocycles. The Morgan fingerprint density at radius 1 is 1.37 bits per heavy atom. The number of carbonyl (C=O) groups excluding carboxylic acids is 1. The fourth-order valence-electron chi connectivity index (χ4n) is 1.92. The van der Waals surface area contributed by atoms with Crippen LogP contribution < -0.4 is 0 Å². The maximum absolute atomic E-state index is 13.1. The van der Waals surface area contributed by atoms with Gasteiger partial charge in [-0.25, -0.2) is 4.39 Å². The molecule has 0 atom stereocenters. The second kappa shape index (κ2) is 8.64. The lowest BCUT2D eigenvalue weighted by atomic mass is 10.2. The fourth-order valence-corrected chi connectivity index (χ4v) is 1.92. The van der Waals surface area contributed by atoms with Crippen molar-refractivity contribution < 1.29 is 13.9 Å². The van der Waals surface area contributed by atoms with Crippen LogP contribution in [0, 0.1) is 5.82 Å². The monoisotopic (exact) mass is 267 g/mol. The molecule has 0 aromatic heterocycles. The zero-order valence-corrected chi connectivity index (χ0v) is 11.7. The fraction of sp³-hybridized carbons (Fsp3) is 0.533. The standard InChI is InChI=1S/C15H22FNO2/c1-3-17(10-6-9-15(18)19-4-2)12-13-7-5-8-14(16)11-13/h5,7-8,11H,3-4,6,9-10,12H2,1-2H3. The van der Waals surface area contributed by atoms with Crippen LogP contribution in [-0.2, 0) is 16.1 Å². The second-order valence-corrected chi connectivity index (χ2v) is 4.41. The quantitative estimate of drug-likeness (QED) is 0.678. The van der Waals surface area contributed by atoms with Crippen LogP contribution in [0.15, 0.2) is 24.3 Å². The molecule has 19 heavy (non-hydrogen) atoms. The number of esters is 1. The first kappa shape index (κ1) is 15.6. The van der Waals surface area contributed by atoms with Gasteiger partial charge in [-0.2, -0.15) is 0 Å². The minimum atomic E-state index is -0.208. The first-order valence-corrected chi connectivity index (χ1v) is 6.78. The van der Waals surface area contributed by atoms with Crippen molar-refractivity contribution in [2.24, 2.45) is 0 Å². The molecule has 1 aromatic rings. The van der Waals surface area contributed by atoms with Gasteiger partial charge >= 0.3 is 5.97 Å². The molecule has 0 amide bonds. The van der Waals surface area contributed by atoms with E-state index in [4.69, 9.17) is 4.74 Å². The Morgan fingerprint density at radius 2 is 2.16 bits per heavy atom. The third kappa shape index (κ3) is 6.34. The molecule has 0 N–H and O–H groups in total. The van der Waals surface area contributed by atoms with Crippen LogP contribution in [0.3, 0.4) is 0 Å². The Labute approximate surface area is 114 Å². The zero-order chi connectivity index (χ0) is 14.1. The lowest BCUT2D eigenvalue weighted by Crippen LogP contribution is -2.24. The van der Waals surface area contributed by atoms with E-state index < -0.39 is 0 Å². The van der Waals surface area contributed by atoms with E-state index in [1.54, 1.807) is 19.1 Å². The van der Waals surface area contributed by atoms with E-state index in [-0.39, 0.29) is 11.8 Å². The molecule has 0 radical (unpaired) electrons. The van der Waals surface area contributed by atoms with Crippen molar-refractivity contribution >= 4 is 5.97 Å². The number of benzene rings is 1. The number of nitrogens with zero attached hydrogens (tertiary/aromatic N) is 1. The molecule has 0 aliphatic rings. The van der Waals surface area contributed by atoms with Gasteiger partial charge in [-0.3, -0.25) is 9.69 Å². The molecule has 1 aromatic carbocycles. The van der Waals surface area contributed by atoms with E-state index >= 15 is 0 Å². The molecule has 106 valence electrons. The van der Waals surface area contributed by atoms with E-state index in [9.17, 15) is 9.18 Å². The Morgan fingerprint density at radius 3 is 2.79 bits per heavy atom. The van der Waals surface area contributed by atoms with Gasteiger partial charge in [-0.1, -0.05) is 19.1 Å². The van der Waals surface area contributed by atoms with Crippen molar-refractivity contribution in [3.8, 4) is 0 Å². The van der Waals surface area contributed by atoms with Crippen LogP contribution >= 0.6 is 0 Å². The Hall–Kier alpha value is -1.42. The summed E-state index contributed by atoms with van der Waals surface area (Å²) in [5.74, 6) is -0.357. The Bertz CT molecular complexity index is 395. The first-order valence-electron chi connectivity index (χ1n) is 6.78. The van der Waals surface area contributed by atoms with Crippen LogP contribution in [0.4, 0.5) is 4.39 Å². The summed E-state index contributed by atoms with van der Waals surface area (Å²) in [6, 6.07) is 6.63. The van der Waals surface area contributed by atoms with Gasteiger partial charge in [0.1, 0.15) is 5.82 Å². The van der Waals surface area contributed by atoms with Gasteiger partial charge < -0.3 is 4.74 Å². The molecule has 1 rings (SSSR count). The van der Waals surface area contributed by atoms with Crippen LogP contribution in [-0.4, -0.2) is 30.6 Å². The Kier molecular flexibility index (Phi) is 7.11. The van der Waals surface area contributed by atoms with Gasteiger partial charge in [0.25, 0.3) is 0 Å². The molecule has 3 nitrogen and oxygen atoms in total. The lowest BCUT2D eigenvalue weighted by Gasteiger charge is -2.20. The van der Waals surface area contributed by atoms with Crippen molar-refractivity contribution in [3.05, 3.63) is 35.6 Å². The van der Waals surface area contributed by atoms with Gasteiger partial charge in [0, 0.05) is 13.0 Å². The summed E-state index contributed by atoms with van der Waals surface area (Å²) in [6.07, 6.45) is 1.20.